The number of carbonyl (C=O) groups excluding carboxylic acids is 1. The molecule has 6 nitrogen and oxygen atoms in total. The highest BCUT2D eigenvalue weighted by Gasteiger charge is 2.30. The zero-order valence-electron chi connectivity index (χ0n) is 15.6. The van der Waals surface area contributed by atoms with Crippen molar-refractivity contribution in [3.63, 3.8) is 0 Å². The number of hydrogen-bond acceptors (Lipinski definition) is 4. The third kappa shape index (κ3) is 5.44. The molecule has 1 aromatic carbocycles. The maximum absolute atomic E-state index is 12.5. The molecule has 1 aliphatic heterocycles. The minimum absolute atomic E-state index is 0.0191. The average molecular weight is 368 g/mol. The van der Waals surface area contributed by atoms with Crippen molar-refractivity contribution in [1.29, 1.82) is 0 Å². The Morgan fingerprint density at radius 3 is 2.12 bits per heavy atom. The molecule has 0 radical (unpaired) electrons. The number of carbonyl (C=O) groups is 1. The number of anilines is 1. The highest BCUT2D eigenvalue weighted by molar-refractivity contribution is 7.88. The lowest BCUT2D eigenvalue weighted by Gasteiger charge is -2.37. The molecule has 0 atom stereocenters. The molecule has 0 bridgehead atoms. The van der Waals surface area contributed by atoms with E-state index in [9.17, 15) is 13.2 Å². The first-order chi connectivity index (χ1) is 11.6. The highest BCUT2D eigenvalue weighted by atomic mass is 32.2. The van der Waals surface area contributed by atoms with Gasteiger partial charge in [0, 0.05) is 50.4 Å². The van der Waals surface area contributed by atoms with Gasteiger partial charge >= 0.3 is 0 Å². The van der Waals surface area contributed by atoms with Crippen molar-refractivity contribution in [2.75, 3.05) is 43.9 Å². The fraction of sp³-hybridized carbons (Fsp3) is 0.611. The Bertz CT molecular complexity index is 675. The van der Waals surface area contributed by atoms with E-state index in [4.69, 9.17) is 0 Å². The van der Waals surface area contributed by atoms with Crippen LogP contribution in [-0.2, 0) is 14.8 Å². The molecule has 1 aromatic rings. The molecule has 0 unspecified atom stereocenters. The summed E-state index contributed by atoms with van der Waals surface area (Å²) in [5.41, 5.74) is 0.644. The molecule has 7 heteroatoms. The van der Waals surface area contributed by atoms with Gasteiger partial charge in [-0.3, -0.25) is 4.79 Å². The smallest absolute Gasteiger partial charge is 0.224 e. The third-order valence-corrected chi connectivity index (χ3v) is 5.96. The largest absolute Gasteiger partial charge is 0.368 e. The first-order valence-corrected chi connectivity index (χ1v) is 10.5. The third-order valence-electron chi connectivity index (χ3n) is 4.43. The van der Waals surface area contributed by atoms with Gasteiger partial charge in [0.25, 0.3) is 0 Å². The van der Waals surface area contributed by atoms with Crippen LogP contribution in [0.15, 0.2) is 30.3 Å². The van der Waals surface area contributed by atoms with E-state index in [0.717, 1.165) is 13.1 Å². The van der Waals surface area contributed by atoms with Crippen LogP contribution in [0.4, 0.5) is 5.69 Å². The van der Waals surface area contributed by atoms with E-state index in [2.05, 4.69) is 17.0 Å². The Labute approximate surface area is 151 Å². The van der Waals surface area contributed by atoms with Crippen LogP contribution in [-0.4, -0.2) is 68.0 Å². The van der Waals surface area contributed by atoms with Gasteiger partial charge in [0.05, 0.1) is 6.26 Å². The second-order valence-corrected chi connectivity index (χ2v) is 9.37. The zero-order chi connectivity index (χ0) is 18.7. The van der Waals surface area contributed by atoms with E-state index >= 15 is 0 Å². The molecule has 1 aliphatic rings. The molecular weight excluding hydrogens is 338 g/mol. The van der Waals surface area contributed by atoms with Gasteiger partial charge in [-0.2, -0.15) is 4.31 Å². The zero-order valence-corrected chi connectivity index (χ0v) is 16.4. The quantitative estimate of drug-likeness (QED) is 0.796. The van der Waals surface area contributed by atoms with E-state index in [1.165, 1.54) is 16.2 Å². The Balaban J connectivity index is 1.88. The summed E-state index contributed by atoms with van der Waals surface area (Å²) in [5, 5.41) is 0. The molecule has 0 aliphatic carbocycles. The number of piperazine rings is 1. The van der Waals surface area contributed by atoms with E-state index in [1.807, 2.05) is 43.9 Å². The highest BCUT2D eigenvalue weighted by Crippen LogP contribution is 2.19. The number of benzene rings is 1. The Morgan fingerprint density at radius 2 is 1.64 bits per heavy atom. The fourth-order valence-electron chi connectivity index (χ4n) is 3.21. The molecule has 0 N–H and O–H groups in total. The summed E-state index contributed by atoms with van der Waals surface area (Å²) in [6, 6.07) is 10.2. The van der Waals surface area contributed by atoms with Crippen LogP contribution < -0.4 is 4.90 Å². The normalized spacial score (nSPS) is 16.4. The average Bonchev–Trinajstić information content (AvgIpc) is 2.53. The van der Waals surface area contributed by atoms with Crippen LogP contribution in [0.2, 0.25) is 0 Å². The van der Waals surface area contributed by atoms with Gasteiger partial charge < -0.3 is 9.80 Å². The number of sulfonamides is 1. The molecule has 1 amide bonds. The molecule has 1 heterocycles. The molecule has 1 saturated heterocycles. The molecule has 2 rings (SSSR count). The van der Waals surface area contributed by atoms with Crippen LogP contribution >= 0.6 is 0 Å². The van der Waals surface area contributed by atoms with Crippen molar-refractivity contribution in [3.05, 3.63) is 30.3 Å². The van der Waals surface area contributed by atoms with Gasteiger partial charge in [-0.05, 0) is 32.9 Å². The van der Waals surface area contributed by atoms with E-state index in [-0.39, 0.29) is 18.9 Å². The maximum Gasteiger partial charge on any atom is 0.224 e. The number of amides is 1. The van der Waals surface area contributed by atoms with Gasteiger partial charge in [0.15, 0.2) is 0 Å². The number of para-hydroxylation sites is 1. The maximum atomic E-state index is 12.5. The molecule has 140 valence electrons. The molecule has 1 fully saturated rings. The van der Waals surface area contributed by atoms with Crippen molar-refractivity contribution in [2.45, 2.75) is 32.7 Å². The SMILES string of the molecule is CC(C)(C)N(CCC(=O)N1CCN(c2ccccc2)CC1)S(C)(=O)=O. The first kappa shape index (κ1) is 19.7. The minimum atomic E-state index is -3.34. The van der Waals surface area contributed by atoms with Crippen LogP contribution in [0.25, 0.3) is 0 Å². The summed E-state index contributed by atoms with van der Waals surface area (Å²) < 4.78 is 25.3. The standard InChI is InChI=1S/C18H29N3O3S/c1-18(2,3)21(25(4,23)24)11-10-17(22)20-14-12-19(13-15-20)16-8-6-5-7-9-16/h5-9H,10-15H2,1-4H3. The lowest BCUT2D eigenvalue weighted by atomic mass is 10.1. The lowest BCUT2D eigenvalue weighted by molar-refractivity contribution is -0.131. The second kappa shape index (κ2) is 7.74. The van der Waals surface area contributed by atoms with Gasteiger partial charge in [-0.15, -0.1) is 0 Å². The van der Waals surface area contributed by atoms with Gasteiger partial charge in [0.1, 0.15) is 0 Å². The van der Waals surface area contributed by atoms with E-state index in [1.54, 1.807) is 0 Å². The van der Waals surface area contributed by atoms with Gasteiger partial charge in [0.2, 0.25) is 15.9 Å². The van der Waals surface area contributed by atoms with Crippen molar-refractivity contribution in [1.82, 2.24) is 9.21 Å². The van der Waals surface area contributed by atoms with Crippen LogP contribution in [0, 0.1) is 0 Å². The van der Waals surface area contributed by atoms with E-state index < -0.39 is 15.6 Å². The van der Waals surface area contributed by atoms with Crippen molar-refractivity contribution >= 4 is 21.6 Å². The second-order valence-electron chi connectivity index (χ2n) is 7.46. The predicted molar refractivity (Wildman–Crippen MR) is 101 cm³/mol. The number of hydrogen-bond donors (Lipinski definition) is 0. The molecular formula is C18H29N3O3S. The van der Waals surface area contributed by atoms with Crippen molar-refractivity contribution in [2.24, 2.45) is 0 Å². The lowest BCUT2D eigenvalue weighted by Crippen LogP contribution is -2.50. The topological polar surface area (TPSA) is 60.9 Å². The number of nitrogens with zero attached hydrogens (tertiary/aromatic N) is 3. The first-order valence-electron chi connectivity index (χ1n) is 8.64. The molecule has 0 saturated carbocycles. The van der Waals surface area contributed by atoms with Gasteiger partial charge in [-0.1, -0.05) is 18.2 Å². The Hall–Kier alpha value is -1.60. The fourth-order valence-corrected chi connectivity index (χ4v) is 4.62. The van der Waals surface area contributed by atoms with Crippen molar-refractivity contribution < 1.29 is 13.2 Å². The molecule has 0 spiro atoms. The van der Waals surface area contributed by atoms with Gasteiger partial charge in [-0.25, -0.2) is 8.42 Å². The molecule has 25 heavy (non-hydrogen) atoms. The summed E-state index contributed by atoms with van der Waals surface area (Å²) in [6.45, 7) is 8.69. The Morgan fingerprint density at radius 1 is 1.08 bits per heavy atom. The minimum Gasteiger partial charge on any atom is -0.368 e. The summed E-state index contributed by atoms with van der Waals surface area (Å²) in [6.07, 6.45) is 1.41. The monoisotopic (exact) mass is 367 g/mol. The summed E-state index contributed by atoms with van der Waals surface area (Å²) in [5.74, 6) is 0.0191. The van der Waals surface area contributed by atoms with Crippen LogP contribution in [0.3, 0.4) is 0 Å². The van der Waals surface area contributed by atoms with E-state index in [0.29, 0.717) is 13.1 Å². The predicted octanol–water partition coefficient (Wildman–Crippen LogP) is 1.79. The number of rotatable bonds is 5. The summed E-state index contributed by atoms with van der Waals surface area (Å²) in [4.78, 5) is 16.6. The Kier molecular flexibility index (Phi) is 6.11. The van der Waals surface area contributed by atoms with Crippen molar-refractivity contribution in [3.8, 4) is 0 Å². The summed E-state index contributed by atoms with van der Waals surface area (Å²) in [7, 11) is -3.34. The summed E-state index contributed by atoms with van der Waals surface area (Å²) >= 11 is 0. The van der Waals surface area contributed by atoms with Crippen LogP contribution in [0.5, 0.6) is 0 Å². The van der Waals surface area contributed by atoms with Crippen LogP contribution in [0.1, 0.15) is 27.2 Å². The molecule has 0 aromatic heterocycles.